The highest BCUT2D eigenvalue weighted by Crippen LogP contribution is 2.24. The molecule has 0 aliphatic rings. The molecule has 0 bridgehead atoms. The van der Waals surface area contributed by atoms with Crippen molar-refractivity contribution in [1.82, 2.24) is 9.78 Å². The molecule has 0 saturated heterocycles. The lowest BCUT2D eigenvalue weighted by Gasteiger charge is -2.04. The number of rotatable bonds is 6. The maximum Gasteiger partial charge on any atom is 0.225 e. The first-order chi connectivity index (χ1) is 12.5. The van der Waals surface area contributed by atoms with Crippen molar-refractivity contribution >= 4 is 46.5 Å². The average molecular weight is 409 g/mol. The topological polar surface area (TPSA) is 46.9 Å². The van der Waals surface area contributed by atoms with Crippen LogP contribution in [-0.2, 0) is 17.8 Å². The van der Waals surface area contributed by atoms with E-state index in [1.807, 2.05) is 36.4 Å². The van der Waals surface area contributed by atoms with Gasteiger partial charge in [-0.1, -0.05) is 71.2 Å². The van der Waals surface area contributed by atoms with Crippen molar-refractivity contribution in [3.8, 4) is 0 Å². The Kier molecular flexibility index (Phi) is 6.20. The Morgan fingerprint density at radius 1 is 0.962 bits per heavy atom. The van der Waals surface area contributed by atoms with Gasteiger partial charge in [-0.25, -0.2) is 0 Å². The molecule has 26 heavy (non-hydrogen) atoms. The molecule has 0 aliphatic carbocycles. The summed E-state index contributed by atoms with van der Waals surface area (Å²) in [5.74, 6) is 0.223. The van der Waals surface area contributed by atoms with E-state index in [0.29, 0.717) is 40.3 Å². The second-order valence-electron chi connectivity index (χ2n) is 5.81. The molecule has 1 N–H and O–H groups in total. The van der Waals surface area contributed by atoms with Gasteiger partial charge in [-0.15, -0.1) is 0 Å². The van der Waals surface area contributed by atoms with Crippen molar-refractivity contribution in [2.45, 2.75) is 19.4 Å². The first-order valence-electron chi connectivity index (χ1n) is 8.02. The third kappa shape index (κ3) is 5.01. The number of hydrogen-bond acceptors (Lipinski definition) is 2. The van der Waals surface area contributed by atoms with Gasteiger partial charge in [0.05, 0.1) is 16.6 Å². The third-order valence-corrected chi connectivity index (χ3v) is 4.80. The van der Waals surface area contributed by atoms with E-state index in [-0.39, 0.29) is 5.91 Å². The van der Waals surface area contributed by atoms with Crippen LogP contribution < -0.4 is 5.32 Å². The van der Waals surface area contributed by atoms with Crippen molar-refractivity contribution in [1.29, 1.82) is 0 Å². The van der Waals surface area contributed by atoms with Crippen LogP contribution in [0.5, 0.6) is 0 Å². The molecule has 0 spiro atoms. The lowest BCUT2D eigenvalue weighted by molar-refractivity contribution is -0.116. The van der Waals surface area contributed by atoms with Gasteiger partial charge in [0.2, 0.25) is 5.91 Å². The first kappa shape index (κ1) is 18.8. The number of nitrogens with zero attached hydrogens (tertiary/aromatic N) is 2. The zero-order chi connectivity index (χ0) is 18.5. The normalized spacial score (nSPS) is 10.7. The van der Waals surface area contributed by atoms with Gasteiger partial charge in [0, 0.05) is 12.6 Å². The Hall–Kier alpha value is -2.01. The van der Waals surface area contributed by atoms with Crippen molar-refractivity contribution in [2.75, 3.05) is 5.32 Å². The maximum absolute atomic E-state index is 12.1. The summed E-state index contributed by atoms with van der Waals surface area (Å²) in [5.41, 5.74) is 2.04. The predicted octanol–water partition coefficient (Wildman–Crippen LogP) is 5.46. The van der Waals surface area contributed by atoms with Crippen LogP contribution in [0.15, 0.2) is 54.7 Å². The fourth-order valence-corrected chi connectivity index (χ4v) is 3.00. The highest BCUT2D eigenvalue weighted by molar-refractivity contribution is 6.42. The van der Waals surface area contributed by atoms with Crippen molar-refractivity contribution in [2.24, 2.45) is 0 Å². The highest BCUT2D eigenvalue weighted by Gasteiger charge is 2.11. The van der Waals surface area contributed by atoms with Crippen LogP contribution in [0, 0.1) is 0 Å². The minimum atomic E-state index is -0.129. The van der Waals surface area contributed by atoms with Crippen LogP contribution >= 0.6 is 34.8 Å². The number of nitrogens with one attached hydrogen (secondary N) is 1. The van der Waals surface area contributed by atoms with Gasteiger partial charge < -0.3 is 5.32 Å². The van der Waals surface area contributed by atoms with Crippen LogP contribution in [0.3, 0.4) is 0 Å². The largest absolute Gasteiger partial charge is 0.308 e. The molecule has 0 fully saturated rings. The summed E-state index contributed by atoms with van der Waals surface area (Å²) in [5, 5.41) is 8.46. The number of aryl methyl sites for hydroxylation is 1. The molecule has 0 radical (unpaired) electrons. The van der Waals surface area contributed by atoms with Crippen molar-refractivity contribution < 1.29 is 4.79 Å². The van der Waals surface area contributed by atoms with E-state index >= 15 is 0 Å². The summed E-state index contributed by atoms with van der Waals surface area (Å²) < 4.78 is 1.65. The number of carbonyl (C=O) groups excluding carboxylic acids is 1. The number of hydrogen-bond donors (Lipinski definition) is 1. The smallest absolute Gasteiger partial charge is 0.225 e. The van der Waals surface area contributed by atoms with E-state index in [2.05, 4.69) is 10.4 Å². The molecular formula is C19H16Cl3N3O. The molecule has 0 atom stereocenters. The predicted molar refractivity (Wildman–Crippen MR) is 106 cm³/mol. The standard InChI is InChI=1S/C19H16Cl3N3O/c20-15-8-6-14(10-16(15)21)11-25-12-17(22)19(24-25)23-18(26)9-7-13-4-2-1-3-5-13/h1-6,8,10,12H,7,9,11H2,(H,23,24,26). The zero-order valence-corrected chi connectivity index (χ0v) is 16.0. The fraction of sp³-hybridized carbons (Fsp3) is 0.158. The van der Waals surface area contributed by atoms with Crippen LogP contribution in [0.1, 0.15) is 17.5 Å². The van der Waals surface area contributed by atoms with Gasteiger partial charge in [0.1, 0.15) is 5.02 Å². The number of amides is 1. The number of aromatic nitrogens is 2. The molecule has 1 amide bonds. The Labute approximate surface area is 166 Å². The van der Waals surface area contributed by atoms with Crippen LogP contribution in [0.4, 0.5) is 5.82 Å². The number of halogens is 3. The van der Waals surface area contributed by atoms with Gasteiger partial charge in [-0.2, -0.15) is 5.10 Å². The summed E-state index contributed by atoms with van der Waals surface area (Å²) in [6.07, 6.45) is 2.69. The van der Waals surface area contributed by atoms with Crippen LogP contribution in [0.2, 0.25) is 15.1 Å². The van der Waals surface area contributed by atoms with Crippen LogP contribution in [-0.4, -0.2) is 15.7 Å². The number of carbonyl (C=O) groups is 1. The minimum absolute atomic E-state index is 0.129. The molecule has 134 valence electrons. The lowest BCUT2D eigenvalue weighted by atomic mass is 10.1. The maximum atomic E-state index is 12.1. The number of anilines is 1. The molecule has 0 unspecified atom stereocenters. The third-order valence-electron chi connectivity index (χ3n) is 3.79. The zero-order valence-electron chi connectivity index (χ0n) is 13.8. The fourth-order valence-electron chi connectivity index (χ4n) is 2.48. The quantitative estimate of drug-likeness (QED) is 0.588. The first-order valence-corrected chi connectivity index (χ1v) is 9.15. The Bertz CT molecular complexity index is 910. The summed E-state index contributed by atoms with van der Waals surface area (Å²) in [7, 11) is 0. The van der Waals surface area contributed by atoms with Gasteiger partial charge >= 0.3 is 0 Å². The molecule has 0 aliphatic heterocycles. The Balaban J connectivity index is 1.60. The van der Waals surface area contributed by atoms with E-state index in [0.717, 1.165) is 11.1 Å². The van der Waals surface area contributed by atoms with E-state index in [9.17, 15) is 4.79 Å². The molecule has 2 aromatic carbocycles. The molecule has 3 aromatic rings. The highest BCUT2D eigenvalue weighted by atomic mass is 35.5. The molecule has 0 saturated carbocycles. The lowest BCUT2D eigenvalue weighted by Crippen LogP contribution is -2.13. The van der Waals surface area contributed by atoms with Crippen molar-refractivity contribution in [3.05, 3.63) is 80.9 Å². The summed E-state index contributed by atoms with van der Waals surface area (Å²) in [6.45, 7) is 0.469. The minimum Gasteiger partial charge on any atom is -0.308 e. The van der Waals surface area contributed by atoms with E-state index in [1.165, 1.54) is 0 Å². The number of benzene rings is 2. The Morgan fingerprint density at radius 3 is 2.46 bits per heavy atom. The van der Waals surface area contributed by atoms with Gasteiger partial charge in [0.15, 0.2) is 5.82 Å². The summed E-state index contributed by atoms with van der Waals surface area (Å²) in [4.78, 5) is 12.1. The van der Waals surface area contributed by atoms with Crippen molar-refractivity contribution in [3.63, 3.8) is 0 Å². The average Bonchev–Trinajstić information content (AvgIpc) is 2.96. The van der Waals surface area contributed by atoms with Gasteiger partial charge in [-0.3, -0.25) is 9.48 Å². The van der Waals surface area contributed by atoms with E-state index in [4.69, 9.17) is 34.8 Å². The van der Waals surface area contributed by atoms with Crippen LogP contribution in [0.25, 0.3) is 0 Å². The molecule has 7 heteroatoms. The van der Waals surface area contributed by atoms with E-state index in [1.54, 1.807) is 23.0 Å². The summed E-state index contributed by atoms with van der Waals surface area (Å²) in [6, 6.07) is 15.2. The monoisotopic (exact) mass is 407 g/mol. The van der Waals surface area contributed by atoms with Gasteiger partial charge in [0.25, 0.3) is 0 Å². The van der Waals surface area contributed by atoms with Gasteiger partial charge in [-0.05, 0) is 29.7 Å². The molecular weight excluding hydrogens is 393 g/mol. The molecule has 1 heterocycles. The molecule has 4 nitrogen and oxygen atoms in total. The van der Waals surface area contributed by atoms with E-state index < -0.39 is 0 Å². The summed E-state index contributed by atoms with van der Waals surface area (Å²) >= 11 is 18.1. The molecule has 1 aromatic heterocycles. The molecule has 3 rings (SSSR count). The SMILES string of the molecule is O=C(CCc1ccccc1)Nc1nn(Cc2ccc(Cl)c(Cl)c2)cc1Cl. The Morgan fingerprint density at radius 2 is 1.73 bits per heavy atom. The second-order valence-corrected chi connectivity index (χ2v) is 7.03. The second kappa shape index (κ2) is 8.58.